The molecule has 2 rings (SSSR count). The van der Waals surface area contributed by atoms with Gasteiger partial charge in [0.1, 0.15) is 5.82 Å². The van der Waals surface area contributed by atoms with Crippen LogP contribution in [-0.4, -0.2) is 61.7 Å². The number of morpholine rings is 1. The molecule has 0 spiro atoms. The Hall–Kier alpha value is -1.66. The molecule has 0 saturated carbocycles. The zero-order valence-corrected chi connectivity index (χ0v) is 13.0. The maximum absolute atomic E-state index is 12.3. The van der Waals surface area contributed by atoms with Crippen molar-refractivity contribution in [3.05, 3.63) is 23.4 Å². The van der Waals surface area contributed by atoms with Crippen molar-refractivity contribution in [1.29, 1.82) is 0 Å². The fraction of sp³-hybridized carbons (Fsp3) is 0.600. The van der Waals surface area contributed by atoms with E-state index in [-0.39, 0.29) is 11.9 Å². The summed E-state index contributed by atoms with van der Waals surface area (Å²) in [5, 5.41) is 6.01. The normalized spacial score (nSPS) is 17.3. The van der Waals surface area contributed by atoms with Gasteiger partial charge in [0, 0.05) is 44.0 Å². The lowest BCUT2D eigenvalue weighted by molar-refractivity contribution is 0.0342. The fourth-order valence-electron chi connectivity index (χ4n) is 2.45. The first kappa shape index (κ1) is 15.7. The van der Waals surface area contributed by atoms with E-state index in [0.29, 0.717) is 11.4 Å². The number of hydrogen-bond acceptors (Lipinski definition) is 5. The average Bonchev–Trinajstić information content (AvgIpc) is 2.47. The van der Waals surface area contributed by atoms with Gasteiger partial charge in [-0.05, 0) is 26.0 Å². The standard InChI is InChI=1S/C15H24N4O2/c1-11-8-13(9-14(16-3)17-11)15(20)18-12(2)10-19-4-6-21-7-5-19/h8-9,12H,4-7,10H2,1-3H3,(H,16,17)(H,18,20). The Morgan fingerprint density at radius 1 is 1.43 bits per heavy atom. The molecule has 0 radical (unpaired) electrons. The number of ether oxygens (including phenoxy) is 1. The molecule has 2 N–H and O–H groups in total. The second kappa shape index (κ2) is 7.38. The molecular weight excluding hydrogens is 268 g/mol. The largest absolute Gasteiger partial charge is 0.379 e. The minimum Gasteiger partial charge on any atom is -0.379 e. The van der Waals surface area contributed by atoms with Crippen LogP contribution in [0.1, 0.15) is 23.0 Å². The molecule has 1 aromatic rings. The lowest BCUT2D eigenvalue weighted by Crippen LogP contribution is -2.46. The first-order valence-corrected chi connectivity index (χ1v) is 7.36. The monoisotopic (exact) mass is 292 g/mol. The smallest absolute Gasteiger partial charge is 0.251 e. The van der Waals surface area contributed by atoms with E-state index in [2.05, 4.69) is 20.5 Å². The number of nitrogens with zero attached hydrogens (tertiary/aromatic N) is 2. The van der Waals surface area contributed by atoms with E-state index in [1.54, 1.807) is 19.2 Å². The quantitative estimate of drug-likeness (QED) is 0.843. The van der Waals surface area contributed by atoms with E-state index in [0.717, 1.165) is 38.5 Å². The molecule has 1 unspecified atom stereocenters. The summed E-state index contributed by atoms with van der Waals surface area (Å²) in [6.45, 7) is 8.16. The lowest BCUT2D eigenvalue weighted by Gasteiger charge is -2.29. The molecule has 1 saturated heterocycles. The van der Waals surface area contributed by atoms with Gasteiger partial charge in [0.25, 0.3) is 5.91 Å². The summed E-state index contributed by atoms with van der Waals surface area (Å²) < 4.78 is 5.33. The minimum atomic E-state index is -0.0576. The van der Waals surface area contributed by atoms with E-state index >= 15 is 0 Å². The summed E-state index contributed by atoms with van der Waals surface area (Å²) in [5.41, 5.74) is 1.47. The van der Waals surface area contributed by atoms with Gasteiger partial charge in [-0.2, -0.15) is 0 Å². The van der Waals surface area contributed by atoms with Crippen LogP contribution in [0.15, 0.2) is 12.1 Å². The van der Waals surface area contributed by atoms with Gasteiger partial charge in [-0.1, -0.05) is 0 Å². The van der Waals surface area contributed by atoms with Gasteiger partial charge in [-0.25, -0.2) is 4.98 Å². The number of pyridine rings is 1. The highest BCUT2D eigenvalue weighted by atomic mass is 16.5. The fourth-order valence-corrected chi connectivity index (χ4v) is 2.45. The Bertz CT molecular complexity index is 487. The summed E-state index contributed by atoms with van der Waals surface area (Å²) >= 11 is 0. The van der Waals surface area contributed by atoms with Crippen LogP contribution in [-0.2, 0) is 4.74 Å². The maximum atomic E-state index is 12.3. The number of nitrogens with one attached hydrogen (secondary N) is 2. The Kier molecular flexibility index (Phi) is 5.52. The van der Waals surface area contributed by atoms with Crippen LogP contribution >= 0.6 is 0 Å². The van der Waals surface area contributed by atoms with E-state index in [9.17, 15) is 4.79 Å². The Morgan fingerprint density at radius 3 is 2.81 bits per heavy atom. The van der Waals surface area contributed by atoms with Crippen LogP contribution in [0, 0.1) is 6.92 Å². The Morgan fingerprint density at radius 2 is 2.14 bits per heavy atom. The van der Waals surface area contributed by atoms with Crippen LogP contribution in [0.5, 0.6) is 0 Å². The zero-order chi connectivity index (χ0) is 15.2. The molecule has 1 aromatic heterocycles. The molecule has 6 nitrogen and oxygen atoms in total. The second-order valence-electron chi connectivity index (χ2n) is 5.42. The van der Waals surface area contributed by atoms with Crippen molar-refractivity contribution in [2.24, 2.45) is 0 Å². The van der Waals surface area contributed by atoms with Gasteiger partial charge >= 0.3 is 0 Å². The van der Waals surface area contributed by atoms with Crippen LogP contribution in [0.3, 0.4) is 0 Å². The highest BCUT2D eigenvalue weighted by Crippen LogP contribution is 2.10. The second-order valence-corrected chi connectivity index (χ2v) is 5.42. The van der Waals surface area contributed by atoms with Crippen LogP contribution in [0.25, 0.3) is 0 Å². The first-order valence-electron chi connectivity index (χ1n) is 7.36. The highest BCUT2D eigenvalue weighted by Gasteiger charge is 2.16. The third-order valence-electron chi connectivity index (χ3n) is 3.49. The average molecular weight is 292 g/mol. The van der Waals surface area contributed by atoms with Crippen molar-refractivity contribution in [3.8, 4) is 0 Å². The van der Waals surface area contributed by atoms with Gasteiger partial charge in [0.15, 0.2) is 0 Å². The van der Waals surface area contributed by atoms with Crippen molar-refractivity contribution in [2.45, 2.75) is 19.9 Å². The Labute approximate surface area is 125 Å². The third-order valence-corrected chi connectivity index (χ3v) is 3.49. The molecule has 1 fully saturated rings. The number of carbonyl (C=O) groups excluding carboxylic acids is 1. The minimum absolute atomic E-state index is 0.0576. The van der Waals surface area contributed by atoms with Crippen molar-refractivity contribution in [2.75, 3.05) is 45.2 Å². The van der Waals surface area contributed by atoms with Crippen molar-refractivity contribution in [3.63, 3.8) is 0 Å². The molecule has 21 heavy (non-hydrogen) atoms. The number of rotatable bonds is 5. The summed E-state index contributed by atoms with van der Waals surface area (Å²) in [6, 6.07) is 3.67. The van der Waals surface area contributed by atoms with Gasteiger partial charge in [-0.15, -0.1) is 0 Å². The molecule has 2 heterocycles. The van der Waals surface area contributed by atoms with Crippen LogP contribution in [0.4, 0.5) is 5.82 Å². The van der Waals surface area contributed by atoms with E-state index in [1.807, 2.05) is 13.8 Å². The van der Waals surface area contributed by atoms with Crippen LogP contribution < -0.4 is 10.6 Å². The van der Waals surface area contributed by atoms with Crippen molar-refractivity contribution < 1.29 is 9.53 Å². The maximum Gasteiger partial charge on any atom is 0.251 e. The summed E-state index contributed by atoms with van der Waals surface area (Å²) in [6.07, 6.45) is 0. The van der Waals surface area contributed by atoms with Gasteiger partial charge < -0.3 is 15.4 Å². The predicted octanol–water partition coefficient (Wildman–Crippen LogP) is 0.882. The van der Waals surface area contributed by atoms with Crippen molar-refractivity contribution in [1.82, 2.24) is 15.2 Å². The number of anilines is 1. The van der Waals surface area contributed by atoms with Gasteiger partial charge in [0.05, 0.1) is 13.2 Å². The number of aryl methyl sites for hydroxylation is 1. The molecule has 116 valence electrons. The van der Waals surface area contributed by atoms with E-state index in [1.165, 1.54) is 0 Å². The molecule has 0 aromatic carbocycles. The summed E-state index contributed by atoms with van der Waals surface area (Å²) in [4.78, 5) is 18.9. The van der Waals surface area contributed by atoms with E-state index < -0.39 is 0 Å². The first-order chi connectivity index (χ1) is 10.1. The molecule has 1 amide bonds. The summed E-state index contributed by atoms with van der Waals surface area (Å²) in [7, 11) is 1.80. The van der Waals surface area contributed by atoms with Crippen LogP contribution in [0.2, 0.25) is 0 Å². The molecule has 0 aliphatic carbocycles. The molecule has 1 atom stereocenters. The number of aromatic nitrogens is 1. The zero-order valence-electron chi connectivity index (χ0n) is 13.0. The third kappa shape index (κ3) is 4.68. The van der Waals surface area contributed by atoms with Gasteiger partial charge in [-0.3, -0.25) is 9.69 Å². The van der Waals surface area contributed by atoms with E-state index in [4.69, 9.17) is 4.74 Å². The molecule has 6 heteroatoms. The Balaban J connectivity index is 1.92. The van der Waals surface area contributed by atoms with Gasteiger partial charge in [0.2, 0.25) is 0 Å². The lowest BCUT2D eigenvalue weighted by atomic mass is 10.2. The molecule has 0 bridgehead atoms. The molecule has 1 aliphatic rings. The predicted molar refractivity (Wildman–Crippen MR) is 82.7 cm³/mol. The topological polar surface area (TPSA) is 66.5 Å². The number of hydrogen-bond donors (Lipinski definition) is 2. The molecule has 1 aliphatic heterocycles. The molecular formula is C15H24N4O2. The number of amides is 1. The number of carbonyl (C=O) groups is 1. The highest BCUT2D eigenvalue weighted by molar-refractivity contribution is 5.95. The van der Waals surface area contributed by atoms with Crippen molar-refractivity contribution >= 4 is 11.7 Å². The summed E-state index contributed by atoms with van der Waals surface area (Å²) in [5.74, 6) is 0.652. The SMILES string of the molecule is CNc1cc(C(=O)NC(C)CN2CCOCC2)cc(C)n1.